The average molecular weight is 422 g/mol. The van der Waals surface area contributed by atoms with Gasteiger partial charge in [-0.2, -0.15) is 0 Å². The van der Waals surface area contributed by atoms with Gasteiger partial charge in [0.2, 0.25) is 5.91 Å². The van der Waals surface area contributed by atoms with E-state index in [1.807, 2.05) is 13.8 Å². The second kappa shape index (κ2) is 8.80. The molecule has 0 saturated carbocycles. The summed E-state index contributed by atoms with van der Waals surface area (Å²) in [5.74, 6) is 0.710. The van der Waals surface area contributed by atoms with Gasteiger partial charge < -0.3 is 9.32 Å². The van der Waals surface area contributed by atoms with E-state index in [-0.39, 0.29) is 23.9 Å². The molecular weight excluding hydrogens is 401 g/mol. The molecule has 28 heavy (non-hydrogen) atoms. The number of aromatic nitrogens is 2. The van der Waals surface area contributed by atoms with Crippen molar-refractivity contribution in [3.8, 4) is 0 Å². The Morgan fingerprint density at radius 1 is 1.32 bits per heavy atom. The molecule has 0 bridgehead atoms. The highest BCUT2D eigenvalue weighted by Gasteiger charge is 2.28. The monoisotopic (exact) mass is 421 g/mol. The van der Waals surface area contributed by atoms with E-state index in [2.05, 4.69) is 0 Å². The van der Waals surface area contributed by atoms with Crippen molar-refractivity contribution in [2.45, 2.75) is 39.4 Å². The SMILES string of the molecule is CCC(c1nc2cc(Cl)ccc2c(=O)n1CC)N(Cc1ccco1)C(=O)CCl. The maximum absolute atomic E-state index is 13.0. The predicted octanol–water partition coefficient (Wildman–Crippen LogP) is 4.38. The molecule has 148 valence electrons. The highest BCUT2D eigenvalue weighted by molar-refractivity contribution is 6.31. The van der Waals surface area contributed by atoms with Crippen LogP contribution in [-0.2, 0) is 17.9 Å². The van der Waals surface area contributed by atoms with Gasteiger partial charge in [-0.15, -0.1) is 11.6 Å². The third-order valence-corrected chi connectivity index (χ3v) is 5.13. The lowest BCUT2D eigenvalue weighted by Gasteiger charge is -2.31. The number of benzene rings is 1. The van der Waals surface area contributed by atoms with E-state index in [1.54, 1.807) is 46.1 Å². The van der Waals surface area contributed by atoms with Crippen LogP contribution in [0.4, 0.5) is 0 Å². The summed E-state index contributed by atoms with van der Waals surface area (Å²) in [4.78, 5) is 32.0. The van der Waals surface area contributed by atoms with Crippen LogP contribution in [0.5, 0.6) is 0 Å². The molecule has 0 spiro atoms. The molecule has 3 rings (SSSR count). The Hall–Kier alpha value is -2.31. The lowest BCUT2D eigenvalue weighted by atomic mass is 10.1. The largest absolute Gasteiger partial charge is 0.467 e. The molecule has 6 nitrogen and oxygen atoms in total. The number of rotatable bonds is 7. The molecule has 1 unspecified atom stereocenters. The Bertz CT molecular complexity index is 1030. The number of alkyl halides is 1. The maximum atomic E-state index is 13.0. The van der Waals surface area contributed by atoms with Crippen molar-refractivity contribution in [1.82, 2.24) is 14.5 Å². The second-order valence-corrected chi connectivity index (χ2v) is 7.04. The fourth-order valence-electron chi connectivity index (χ4n) is 3.33. The summed E-state index contributed by atoms with van der Waals surface area (Å²) < 4.78 is 7.01. The van der Waals surface area contributed by atoms with Crippen molar-refractivity contribution >= 4 is 40.0 Å². The number of fused-ring (bicyclic) bond motifs is 1. The first-order valence-corrected chi connectivity index (χ1v) is 9.99. The first-order valence-electron chi connectivity index (χ1n) is 9.07. The van der Waals surface area contributed by atoms with E-state index < -0.39 is 6.04 Å². The van der Waals surface area contributed by atoms with Gasteiger partial charge in [0.1, 0.15) is 17.5 Å². The molecule has 3 aromatic rings. The molecule has 0 fully saturated rings. The van der Waals surface area contributed by atoms with E-state index in [4.69, 9.17) is 32.6 Å². The van der Waals surface area contributed by atoms with E-state index in [9.17, 15) is 9.59 Å². The third-order valence-electron chi connectivity index (χ3n) is 4.67. The molecular formula is C20H21Cl2N3O3. The minimum Gasteiger partial charge on any atom is -0.467 e. The van der Waals surface area contributed by atoms with Crippen LogP contribution in [0, 0.1) is 0 Å². The summed E-state index contributed by atoms with van der Waals surface area (Å²) in [6.07, 6.45) is 2.11. The molecule has 1 atom stereocenters. The van der Waals surface area contributed by atoms with Crippen LogP contribution in [0.2, 0.25) is 5.02 Å². The topological polar surface area (TPSA) is 68.3 Å². The van der Waals surface area contributed by atoms with Gasteiger partial charge in [-0.1, -0.05) is 18.5 Å². The zero-order valence-corrected chi connectivity index (χ0v) is 17.2. The van der Waals surface area contributed by atoms with Gasteiger partial charge in [-0.05, 0) is 43.7 Å². The summed E-state index contributed by atoms with van der Waals surface area (Å²) >= 11 is 12.0. The fourth-order valence-corrected chi connectivity index (χ4v) is 3.65. The van der Waals surface area contributed by atoms with Gasteiger partial charge in [0.15, 0.2) is 0 Å². The van der Waals surface area contributed by atoms with Gasteiger partial charge in [-0.3, -0.25) is 14.2 Å². The number of amides is 1. The zero-order valence-electron chi connectivity index (χ0n) is 15.7. The van der Waals surface area contributed by atoms with Crippen molar-refractivity contribution in [3.05, 3.63) is 63.6 Å². The molecule has 0 saturated heterocycles. The second-order valence-electron chi connectivity index (χ2n) is 6.34. The Labute approximate surface area is 172 Å². The van der Waals surface area contributed by atoms with Gasteiger partial charge in [-0.25, -0.2) is 4.98 Å². The Balaban J connectivity index is 2.17. The van der Waals surface area contributed by atoms with Crippen LogP contribution in [-0.4, -0.2) is 26.2 Å². The minimum atomic E-state index is -0.438. The van der Waals surface area contributed by atoms with Gasteiger partial charge in [0, 0.05) is 11.6 Å². The Morgan fingerprint density at radius 2 is 2.11 bits per heavy atom. The molecule has 0 aliphatic rings. The normalized spacial score (nSPS) is 12.3. The standard InChI is InChI=1S/C20H21Cl2N3O3/c1-3-17(25(18(26)11-21)12-14-6-5-9-28-14)19-23-16-10-13(22)7-8-15(16)20(27)24(19)4-2/h5-10,17H,3-4,11-12H2,1-2H3. The predicted molar refractivity (Wildman–Crippen MR) is 110 cm³/mol. The van der Waals surface area contributed by atoms with Crippen LogP contribution in [0.3, 0.4) is 0 Å². The van der Waals surface area contributed by atoms with Crippen LogP contribution in [0.25, 0.3) is 10.9 Å². The number of hydrogen-bond donors (Lipinski definition) is 0. The molecule has 8 heteroatoms. The zero-order chi connectivity index (χ0) is 20.3. The minimum absolute atomic E-state index is 0.158. The van der Waals surface area contributed by atoms with Crippen molar-refractivity contribution in [3.63, 3.8) is 0 Å². The van der Waals surface area contributed by atoms with Crippen LogP contribution < -0.4 is 5.56 Å². The molecule has 2 aromatic heterocycles. The number of furan rings is 1. The smallest absolute Gasteiger partial charge is 0.261 e. The van der Waals surface area contributed by atoms with E-state index in [0.717, 1.165) is 0 Å². The van der Waals surface area contributed by atoms with Crippen molar-refractivity contribution in [1.29, 1.82) is 0 Å². The molecule has 0 aliphatic carbocycles. The lowest BCUT2D eigenvalue weighted by molar-refractivity contribution is -0.132. The van der Waals surface area contributed by atoms with Gasteiger partial charge in [0.05, 0.1) is 29.8 Å². The quantitative estimate of drug-likeness (QED) is 0.530. The molecule has 0 N–H and O–H groups in total. The molecule has 0 aliphatic heterocycles. The summed E-state index contributed by atoms with van der Waals surface area (Å²) in [5, 5.41) is 0.989. The van der Waals surface area contributed by atoms with Gasteiger partial charge in [0.25, 0.3) is 5.56 Å². The average Bonchev–Trinajstić information content (AvgIpc) is 3.20. The first kappa shape index (κ1) is 20.4. The number of halogens is 2. The first-order chi connectivity index (χ1) is 13.5. The molecule has 1 aromatic carbocycles. The van der Waals surface area contributed by atoms with Crippen LogP contribution >= 0.6 is 23.2 Å². The summed E-state index contributed by atoms with van der Waals surface area (Å²) in [5.41, 5.74) is 0.348. The van der Waals surface area contributed by atoms with Crippen molar-refractivity contribution < 1.29 is 9.21 Å². The highest BCUT2D eigenvalue weighted by Crippen LogP contribution is 2.27. The fraction of sp³-hybridized carbons (Fsp3) is 0.350. The Morgan fingerprint density at radius 3 is 2.71 bits per heavy atom. The highest BCUT2D eigenvalue weighted by atomic mass is 35.5. The van der Waals surface area contributed by atoms with Crippen LogP contribution in [0.15, 0.2) is 45.8 Å². The Kier molecular flexibility index (Phi) is 6.42. The molecule has 0 radical (unpaired) electrons. The summed E-state index contributed by atoms with van der Waals surface area (Å²) in [6.45, 7) is 4.49. The molecule has 1 amide bonds. The maximum Gasteiger partial charge on any atom is 0.261 e. The third kappa shape index (κ3) is 3.93. The molecule has 2 heterocycles. The number of nitrogens with zero attached hydrogens (tertiary/aromatic N) is 3. The van der Waals surface area contributed by atoms with Crippen molar-refractivity contribution in [2.24, 2.45) is 0 Å². The summed E-state index contributed by atoms with van der Waals surface area (Å²) in [7, 11) is 0. The van der Waals surface area contributed by atoms with Crippen LogP contribution in [0.1, 0.15) is 37.9 Å². The summed E-state index contributed by atoms with van der Waals surface area (Å²) in [6, 6.07) is 8.12. The van der Waals surface area contributed by atoms with E-state index in [0.29, 0.717) is 40.5 Å². The number of carbonyl (C=O) groups excluding carboxylic acids is 1. The van der Waals surface area contributed by atoms with Crippen molar-refractivity contribution in [2.75, 3.05) is 5.88 Å². The lowest BCUT2D eigenvalue weighted by Crippen LogP contribution is -2.39. The number of carbonyl (C=O) groups is 1. The number of hydrogen-bond acceptors (Lipinski definition) is 4. The van der Waals surface area contributed by atoms with E-state index in [1.165, 1.54) is 0 Å². The van der Waals surface area contributed by atoms with Gasteiger partial charge >= 0.3 is 0 Å². The van der Waals surface area contributed by atoms with E-state index >= 15 is 0 Å².